The number of carbonyl (C=O) groups is 2. The number of benzene rings is 1. The second-order valence-corrected chi connectivity index (χ2v) is 8.61. The lowest BCUT2D eigenvalue weighted by Gasteiger charge is -2.29. The van der Waals surface area contributed by atoms with Gasteiger partial charge in [-0.05, 0) is 49.3 Å². The minimum atomic E-state index is -0.215. The minimum absolute atomic E-state index is 0.00233. The van der Waals surface area contributed by atoms with Gasteiger partial charge in [0.1, 0.15) is 6.54 Å². The van der Waals surface area contributed by atoms with Crippen LogP contribution in [-0.2, 0) is 22.6 Å². The van der Waals surface area contributed by atoms with E-state index in [1.54, 1.807) is 16.2 Å². The summed E-state index contributed by atoms with van der Waals surface area (Å²) in [6.07, 6.45) is 1.92. The molecular formula is C23H31N3O3S. The van der Waals surface area contributed by atoms with Crippen LogP contribution >= 0.6 is 11.3 Å². The van der Waals surface area contributed by atoms with Crippen molar-refractivity contribution in [1.82, 2.24) is 15.1 Å². The second-order valence-electron chi connectivity index (χ2n) is 7.61. The first-order valence-electron chi connectivity index (χ1n) is 10.6. The molecule has 3 amide bonds. The van der Waals surface area contributed by atoms with E-state index in [-0.39, 0.29) is 24.6 Å². The number of hydrogen-bond donors (Lipinski definition) is 1. The van der Waals surface area contributed by atoms with Crippen molar-refractivity contribution in [2.45, 2.75) is 45.9 Å². The molecule has 0 bridgehead atoms. The molecule has 30 heavy (non-hydrogen) atoms. The normalized spacial score (nSPS) is 15.7. The van der Waals surface area contributed by atoms with Crippen molar-refractivity contribution < 1.29 is 14.3 Å². The lowest BCUT2D eigenvalue weighted by molar-refractivity contribution is -0.133. The molecule has 3 rings (SSSR count). The Kier molecular flexibility index (Phi) is 8.28. The average molecular weight is 430 g/mol. The van der Waals surface area contributed by atoms with Crippen LogP contribution in [-0.4, -0.2) is 54.1 Å². The highest BCUT2D eigenvalue weighted by atomic mass is 32.1. The highest BCUT2D eigenvalue weighted by molar-refractivity contribution is 7.10. The summed E-state index contributed by atoms with van der Waals surface area (Å²) in [7, 11) is 0. The Bertz CT molecular complexity index is 818. The first-order chi connectivity index (χ1) is 14.6. The molecule has 1 fully saturated rings. The fourth-order valence-electron chi connectivity index (χ4n) is 3.56. The van der Waals surface area contributed by atoms with Crippen molar-refractivity contribution >= 4 is 23.3 Å². The van der Waals surface area contributed by atoms with Crippen molar-refractivity contribution in [3.63, 3.8) is 0 Å². The number of rotatable bonds is 9. The number of nitrogens with zero attached hydrogens (tertiary/aromatic N) is 2. The quantitative estimate of drug-likeness (QED) is 0.660. The summed E-state index contributed by atoms with van der Waals surface area (Å²) in [4.78, 5) is 30.6. The van der Waals surface area contributed by atoms with E-state index >= 15 is 0 Å². The van der Waals surface area contributed by atoms with Gasteiger partial charge in [-0.25, -0.2) is 4.79 Å². The van der Waals surface area contributed by atoms with E-state index in [1.165, 1.54) is 10.4 Å². The van der Waals surface area contributed by atoms with E-state index in [1.807, 2.05) is 47.5 Å². The van der Waals surface area contributed by atoms with E-state index < -0.39 is 0 Å². The van der Waals surface area contributed by atoms with Crippen molar-refractivity contribution in [2.75, 3.05) is 26.2 Å². The van der Waals surface area contributed by atoms with Gasteiger partial charge in [0.15, 0.2) is 0 Å². The summed E-state index contributed by atoms with van der Waals surface area (Å²) >= 11 is 1.66. The van der Waals surface area contributed by atoms with Gasteiger partial charge in [0.05, 0.1) is 12.6 Å². The highest BCUT2D eigenvalue weighted by Crippen LogP contribution is 2.20. The second kappa shape index (κ2) is 11.1. The van der Waals surface area contributed by atoms with Crippen LogP contribution in [0, 0.1) is 6.92 Å². The van der Waals surface area contributed by atoms with Crippen LogP contribution in [0.4, 0.5) is 4.79 Å². The van der Waals surface area contributed by atoms with E-state index in [4.69, 9.17) is 4.74 Å². The average Bonchev–Trinajstić information content (AvgIpc) is 3.40. The van der Waals surface area contributed by atoms with Crippen molar-refractivity contribution in [2.24, 2.45) is 0 Å². The number of urea groups is 1. The summed E-state index contributed by atoms with van der Waals surface area (Å²) < 4.78 is 5.71. The molecule has 1 saturated heterocycles. The van der Waals surface area contributed by atoms with Gasteiger partial charge in [-0.1, -0.05) is 30.3 Å². The van der Waals surface area contributed by atoms with Gasteiger partial charge in [-0.3, -0.25) is 4.79 Å². The molecule has 0 spiro atoms. The van der Waals surface area contributed by atoms with Gasteiger partial charge in [0.2, 0.25) is 5.91 Å². The largest absolute Gasteiger partial charge is 0.376 e. The van der Waals surface area contributed by atoms with Crippen LogP contribution in [0.1, 0.15) is 35.8 Å². The number of aryl methyl sites for hydroxylation is 1. The van der Waals surface area contributed by atoms with Crippen LogP contribution in [0.25, 0.3) is 0 Å². The first kappa shape index (κ1) is 22.3. The Balaban J connectivity index is 1.74. The van der Waals surface area contributed by atoms with Gasteiger partial charge < -0.3 is 19.9 Å². The van der Waals surface area contributed by atoms with Crippen molar-refractivity contribution in [3.05, 3.63) is 57.8 Å². The molecule has 0 radical (unpaired) electrons. The summed E-state index contributed by atoms with van der Waals surface area (Å²) in [5, 5.41) is 4.88. The maximum absolute atomic E-state index is 13.3. The summed E-state index contributed by atoms with van der Waals surface area (Å²) in [6.45, 7) is 6.73. The molecule has 1 aromatic heterocycles. The van der Waals surface area contributed by atoms with Gasteiger partial charge in [-0.15, -0.1) is 11.3 Å². The monoisotopic (exact) mass is 429 g/mol. The molecule has 0 saturated carbocycles. The molecule has 1 aromatic carbocycles. The molecule has 162 valence electrons. The van der Waals surface area contributed by atoms with Crippen LogP contribution in [0.15, 0.2) is 41.8 Å². The zero-order chi connectivity index (χ0) is 21.3. The van der Waals surface area contributed by atoms with E-state index in [2.05, 4.69) is 18.3 Å². The van der Waals surface area contributed by atoms with Gasteiger partial charge in [0.25, 0.3) is 0 Å². The zero-order valence-corrected chi connectivity index (χ0v) is 18.6. The Labute approximate surface area is 182 Å². The van der Waals surface area contributed by atoms with E-state index in [0.717, 1.165) is 25.0 Å². The molecular weight excluding hydrogens is 398 g/mol. The predicted octanol–water partition coefficient (Wildman–Crippen LogP) is 3.80. The molecule has 0 aliphatic carbocycles. The number of ether oxygens (including phenoxy) is 1. The SMILES string of the molecule is CCNC(=O)N(CC(=O)N(Cc1ccccc1)Cc1sccc1C)CC1CCCO1. The number of amides is 3. The lowest BCUT2D eigenvalue weighted by atomic mass is 10.2. The molecule has 1 aliphatic heterocycles. The topological polar surface area (TPSA) is 61.9 Å². The maximum atomic E-state index is 13.3. The molecule has 2 aromatic rings. The Morgan fingerprint density at radius 1 is 1.17 bits per heavy atom. The van der Waals surface area contributed by atoms with Gasteiger partial charge in [-0.2, -0.15) is 0 Å². The van der Waals surface area contributed by atoms with E-state index in [0.29, 0.717) is 26.2 Å². The van der Waals surface area contributed by atoms with Gasteiger partial charge >= 0.3 is 6.03 Å². The minimum Gasteiger partial charge on any atom is -0.376 e. The van der Waals surface area contributed by atoms with Crippen LogP contribution < -0.4 is 5.32 Å². The third-order valence-electron chi connectivity index (χ3n) is 5.26. The van der Waals surface area contributed by atoms with Crippen molar-refractivity contribution in [1.29, 1.82) is 0 Å². The Morgan fingerprint density at radius 3 is 2.60 bits per heavy atom. The molecule has 1 N–H and O–H groups in total. The zero-order valence-electron chi connectivity index (χ0n) is 17.8. The van der Waals surface area contributed by atoms with E-state index in [9.17, 15) is 9.59 Å². The molecule has 1 unspecified atom stereocenters. The molecule has 1 atom stereocenters. The Hall–Kier alpha value is -2.38. The smallest absolute Gasteiger partial charge is 0.317 e. The third-order valence-corrected chi connectivity index (χ3v) is 6.27. The highest BCUT2D eigenvalue weighted by Gasteiger charge is 2.26. The standard InChI is InChI=1S/C23H31N3O3S/c1-3-24-23(28)26(15-20-10-7-12-29-20)17-22(27)25(14-19-8-5-4-6-9-19)16-21-18(2)11-13-30-21/h4-6,8-9,11,13,20H,3,7,10,12,14-17H2,1-2H3,(H,24,28). The molecule has 7 heteroatoms. The third kappa shape index (κ3) is 6.31. The summed E-state index contributed by atoms with van der Waals surface area (Å²) in [5.41, 5.74) is 2.26. The lowest BCUT2D eigenvalue weighted by Crippen LogP contribution is -2.49. The molecule has 6 nitrogen and oxygen atoms in total. The number of hydrogen-bond acceptors (Lipinski definition) is 4. The first-order valence-corrected chi connectivity index (χ1v) is 11.4. The molecule has 1 aliphatic rings. The van der Waals surface area contributed by atoms with Crippen LogP contribution in [0.3, 0.4) is 0 Å². The van der Waals surface area contributed by atoms with Crippen LogP contribution in [0.2, 0.25) is 0 Å². The Morgan fingerprint density at radius 2 is 1.97 bits per heavy atom. The van der Waals surface area contributed by atoms with Gasteiger partial charge in [0, 0.05) is 31.1 Å². The van der Waals surface area contributed by atoms with Crippen molar-refractivity contribution in [3.8, 4) is 0 Å². The molecule has 2 heterocycles. The predicted molar refractivity (Wildman–Crippen MR) is 119 cm³/mol. The van der Waals surface area contributed by atoms with Crippen LogP contribution in [0.5, 0.6) is 0 Å². The maximum Gasteiger partial charge on any atom is 0.317 e. The number of thiophene rings is 1. The summed E-state index contributed by atoms with van der Waals surface area (Å²) in [6, 6.07) is 11.8. The fourth-order valence-corrected chi connectivity index (χ4v) is 4.48. The summed E-state index contributed by atoms with van der Waals surface area (Å²) in [5.74, 6) is -0.0593. The number of carbonyl (C=O) groups excluding carboxylic acids is 2. The fraction of sp³-hybridized carbons (Fsp3) is 0.478. The number of nitrogens with one attached hydrogen (secondary N) is 1.